The van der Waals surface area contributed by atoms with Gasteiger partial charge in [0.2, 0.25) is 0 Å². The monoisotopic (exact) mass is 277 g/mol. The molecule has 104 valence electrons. The number of ether oxygens (including phenoxy) is 1. The van der Waals surface area contributed by atoms with Crippen LogP contribution in [-0.2, 0) is 0 Å². The van der Waals surface area contributed by atoms with E-state index in [2.05, 4.69) is 9.72 Å². The van der Waals surface area contributed by atoms with Crippen LogP contribution < -0.4 is 4.74 Å². The number of aromatic nitrogens is 1. The summed E-state index contributed by atoms with van der Waals surface area (Å²) >= 11 is 0. The van der Waals surface area contributed by atoms with Crippen LogP contribution in [0, 0.1) is 13.8 Å². The highest BCUT2D eigenvalue weighted by Gasteiger charge is 2.15. The number of nitrogens with zero attached hydrogens (tertiary/aromatic N) is 1. The standard InChI is InChI=1S/C15H13F2NO2/c1-9-6-18-7-10(2)14(9)12-5-11(8-19)3-4-13(12)20-15(16)17/h3-8,15H,1-2H3. The SMILES string of the molecule is Cc1cncc(C)c1-c1cc(C=O)ccc1OC(F)F. The van der Waals surface area contributed by atoms with E-state index in [4.69, 9.17) is 0 Å². The molecule has 1 aromatic carbocycles. The van der Waals surface area contributed by atoms with Crippen LogP contribution >= 0.6 is 0 Å². The van der Waals surface area contributed by atoms with Crippen LogP contribution in [0.5, 0.6) is 5.75 Å². The molecule has 2 aromatic rings. The molecule has 0 unspecified atom stereocenters. The van der Waals surface area contributed by atoms with Crippen LogP contribution in [0.2, 0.25) is 0 Å². The largest absolute Gasteiger partial charge is 0.434 e. The highest BCUT2D eigenvalue weighted by atomic mass is 19.3. The second-order valence-electron chi connectivity index (χ2n) is 4.40. The Labute approximate surface area is 115 Å². The van der Waals surface area contributed by atoms with E-state index in [0.717, 1.165) is 16.7 Å². The minimum absolute atomic E-state index is 0.0444. The molecular weight excluding hydrogens is 264 g/mol. The van der Waals surface area contributed by atoms with Gasteiger partial charge in [-0.1, -0.05) is 0 Å². The third-order valence-corrected chi connectivity index (χ3v) is 2.95. The Kier molecular flexibility index (Phi) is 4.08. The molecule has 20 heavy (non-hydrogen) atoms. The van der Waals surface area contributed by atoms with Gasteiger partial charge in [0, 0.05) is 23.5 Å². The van der Waals surface area contributed by atoms with Gasteiger partial charge in [-0.15, -0.1) is 0 Å². The molecule has 0 fully saturated rings. The van der Waals surface area contributed by atoms with Crippen molar-refractivity contribution in [2.24, 2.45) is 0 Å². The molecule has 0 aliphatic heterocycles. The molecule has 0 aliphatic rings. The highest BCUT2D eigenvalue weighted by molar-refractivity contribution is 5.83. The number of carbonyl (C=O) groups is 1. The van der Waals surface area contributed by atoms with Crippen LogP contribution in [0.4, 0.5) is 8.78 Å². The van der Waals surface area contributed by atoms with Crippen LogP contribution in [0.25, 0.3) is 11.1 Å². The number of benzene rings is 1. The lowest BCUT2D eigenvalue weighted by atomic mass is 9.96. The molecule has 0 aliphatic carbocycles. The number of alkyl halides is 2. The van der Waals surface area contributed by atoms with E-state index in [1.165, 1.54) is 12.1 Å². The number of rotatable bonds is 4. The first-order valence-corrected chi connectivity index (χ1v) is 5.98. The lowest BCUT2D eigenvalue weighted by molar-refractivity contribution is -0.0494. The van der Waals surface area contributed by atoms with Gasteiger partial charge in [0.05, 0.1) is 0 Å². The summed E-state index contributed by atoms with van der Waals surface area (Å²) in [4.78, 5) is 14.9. The van der Waals surface area contributed by atoms with Crippen molar-refractivity contribution in [3.63, 3.8) is 0 Å². The van der Waals surface area contributed by atoms with Crippen molar-refractivity contribution >= 4 is 6.29 Å². The Balaban J connectivity index is 2.66. The molecule has 1 heterocycles. The molecule has 3 nitrogen and oxygen atoms in total. The van der Waals surface area contributed by atoms with Gasteiger partial charge in [0.25, 0.3) is 0 Å². The third-order valence-electron chi connectivity index (χ3n) is 2.95. The van der Waals surface area contributed by atoms with Gasteiger partial charge in [-0.05, 0) is 48.7 Å². The Morgan fingerprint density at radius 2 is 1.85 bits per heavy atom. The first kappa shape index (κ1) is 14.1. The maximum Gasteiger partial charge on any atom is 0.387 e. The number of aryl methyl sites for hydroxylation is 2. The summed E-state index contributed by atoms with van der Waals surface area (Å²) in [6.07, 6.45) is 3.95. The van der Waals surface area contributed by atoms with Gasteiger partial charge in [-0.3, -0.25) is 9.78 Å². The smallest absolute Gasteiger partial charge is 0.387 e. The van der Waals surface area contributed by atoms with Crippen LogP contribution in [0.3, 0.4) is 0 Å². The van der Waals surface area contributed by atoms with E-state index in [-0.39, 0.29) is 5.75 Å². The summed E-state index contributed by atoms with van der Waals surface area (Å²) in [6, 6.07) is 4.37. The number of hydrogen-bond donors (Lipinski definition) is 0. The van der Waals surface area contributed by atoms with Crippen molar-refractivity contribution in [3.05, 3.63) is 47.3 Å². The van der Waals surface area contributed by atoms with Crippen LogP contribution in [-0.4, -0.2) is 17.9 Å². The van der Waals surface area contributed by atoms with E-state index < -0.39 is 6.61 Å². The van der Waals surface area contributed by atoms with Crippen molar-refractivity contribution < 1.29 is 18.3 Å². The average molecular weight is 277 g/mol. The third kappa shape index (κ3) is 2.82. The molecule has 0 spiro atoms. The molecular formula is C15H13F2NO2. The Hall–Kier alpha value is -2.30. The van der Waals surface area contributed by atoms with Gasteiger partial charge in [-0.2, -0.15) is 8.78 Å². The van der Waals surface area contributed by atoms with E-state index in [1.807, 2.05) is 13.8 Å². The molecule has 2 rings (SSSR count). The van der Waals surface area contributed by atoms with Gasteiger partial charge < -0.3 is 4.74 Å². The van der Waals surface area contributed by atoms with E-state index in [1.54, 1.807) is 18.5 Å². The predicted molar refractivity (Wildman–Crippen MR) is 71.2 cm³/mol. The topological polar surface area (TPSA) is 39.2 Å². The number of pyridine rings is 1. The van der Waals surface area contributed by atoms with E-state index in [9.17, 15) is 13.6 Å². The molecule has 1 aromatic heterocycles. The van der Waals surface area contributed by atoms with Crippen molar-refractivity contribution in [2.45, 2.75) is 20.5 Å². The maximum atomic E-state index is 12.5. The average Bonchev–Trinajstić information content (AvgIpc) is 2.39. The van der Waals surface area contributed by atoms with Crippen molar-refractivity contribution in [1.29, 1.82) is 0 Å². The lowest BCUT2D eigenvalue weighted by Crippen LogP contribution is -2.04. The maximum absolute atomic E-state index is 12.5. The van der Waals surface area contributed by atoms with E-state index >= 15 is 0 Å². The number of aldehydes is 1. The normalized spacial score (nSPS) is 10.7. The van der Waals surface area contributed by atoms with Crippen LogP contribution in [0.1, 0.15) is 21.5 Å². The Bertz CT molecular complexity index is 622. The molecule has 0 saturated carbocycles. The predicted octanol–water partition coefficient (Wildman–Crippen LogP) is 3.78. The summed E-state index contributed by atoms with van der Waals surface area (Å²) in [5.41, 5.74) is 3.27. The minimum atomic E-state index is -2.92. The summed E-state index contributed by atoms with van der Waals surface area (Å²) in [7, 11) is 0. The zero-order chi connectivity index (χ0) is 14.7. The van der Waals surface area contributed by atoms with Gasteiger partial charge in [0.1, 0.15) is 12.0 Å². The first-order chi connectivity index (χ1) is 9.52. The van der Waals surface area contributed by atoms with Crippen molar-refractivity contribution in [1.82, 2.24) is 4.98 Å². The Morgan fingerprint density at radius 1 is 1.20 bits per heavy atom. The van der Waals surface area contributed by atoms with Gasteiger partial charge in [-0.25, -0.2) is 0 Å². The number of halogens is 2. The summed E-state index contributed by atoms with van der Waals surface area (Å²) in [5, 5.41) is 0. The fraction of sp³-hybridized carbons (Fsp3) is 0.200. The molecule has 0 bridgehead atoms. The number of carbonyl (C=O) groups excluding carboxylic acids is 1. The molecule has 0 saturated heterocycles. The van der Waals surface area contributed by atoms with Gasteiger partial charge >= 0.3 is 6.61 Å². The molecule has 0 radical (unpaired) electrons. The summed E-state index contributed by atoms with van der Waals surface area (Å²) in [5.74, 6) is 0.0444. The minimum Gasteiger partial charge on any atom is -0.434 e. The highest BCUT2D eigenvalue weighted by Crippen LogP contribution is 2.35. The quantitative estimate of drug-likeness (QED) is 0.798. The Morgan fingerprint density at radius 3 is 2.40 bits per heavy atom. The fourth-order valence-corrected chi connectivity index (χ4v) is 2.14. The summed E-state index contributed by atoms with van der Waals surface area (Å²) < 4.78 is 29.5. The lowest BCUT2D eigenvalue weighted by Gasteiger charge is -2.15. The first-order valence-electron chi connectivity index (χ1n) is 5.98. The summed E-state index contributed by atoms with van der Waals surface area (Å²) in [6.45, 7) is 0.739. The van der Waals surface area contributed by atoms with Gasteiger partial charge in [0.15, 0.2) is 0 Å². The molecule has 0 N–H and O–H groups in total. The second kappa shape index (κ2) is 5.77. The molecule has 0 amide bonds. The number of hydrogen-bond acceptors (Lipinski definition) is 3. The van der Waals surface area contributed by atoms with E-state index in [0.29, 0.717) is 17.4 Å². The molecule has 5 heteroatoms. The zero-order valence-electron chi connectivity index (χ0n) is 11.1. The van der Waals surface area contributed by atoms with Crippen LogP contribution in [0.15, 0.2) is 30.6 Å². The molecule has 0 atom stereocenters. The van der Waals surface area contributed by atoms with Crippen molar-refractivity contribution in [3.8, 4) is 16.9 Å². The second-order valence-corrected chi connectivity index (χ2v) is 4.40. The zero-order valence-corrected chi connectivity index (χ0v) is 11.1. The fourth-order valence-electron chi connectivity index (χ4n) is 2.14. The van der Waals surface area contributed by atoms with Crippen molar-refractivity contribution in [2.75, 3.05) is 0 Å².